The summed E-state index contributed by atoms with van der Waals surface area (Å²) in [5.41, 5.74) is 2.38. The molecule has 0 spiro atoms. The summed E-state index contributed by atoms with van der Waals surface area (Å²) in [6.45, 7) is 4.78. The Morgan fingerprint density at radius 3 is 2.56 bits per heavy atom. The minimum absolute atomic E-state index is 0.0930. The molecular weight excluding hydrogens is 226 g/mol. The Kier molecular flexibility index (Phi) is 3.60. The van der Waals surface area contributed by atoms with Crippen molar-refractivity contribution < 1.29 is 14.9 Å². The van der Waals surface area contributed by atoms with Crippen molar-refractivity contribution >= 4 is 17.3 Å². The van der Waals surface area contributed by atoms with Gasteiger partial charge in [0, 0.05) is 24.5 Å². The number of aliphatic hydroxyl groups is 1. The van der Waals surface area contributed by atoms with Gasteiger partial charge in [0.05, 0.1) is 0 Å². The lowest BCUT2D eigenvalue weighted by Crippen LogP contribution is -2.73. The maximum atomic E-state index is 12.2. The number of ketones is 1. The van der Waals surface area contributed by atoms with E-state index in [-0.39, 0.29) is 11.5 Å². The van der Waals surface area contributed by atoms with Crippen LogP contribution in [0.4, 0.5) is 0 Å². The van der Waals surface area contributed by atoms with Gasteiger partial charge in [0.2, 0.25) is 5.78 Å². The molecule has 0 bridgehead atoms. The van der Waals surface area contributed by atoms with E-state index in [2.05, 4.69) is 11.9 Å². The second kappa shape index (κ2) is 5.17. The second-order valence-electron chi connectivity index (χ2n) is 4.50. The Morgan fingerprint density at radius 1 is 1.28 bits per heavy atom. The number of nitrogens with one attached hydrogen (secondary N) is 1. The Hall–Kier alpha value is -1.90. The highest BCUT2D eigenvalue weighted by Crippen LogP contribution is 2.30. The Morgan fingerprint density at radius 2 is 1.94 bits per heavy atom. The van der Waals surface area contributed by atoms with Crippen molar-refractivity contribution in [1.29, 1.82) is 0 Å². The molecule has 0 amide bonds. The molecular formula is C15H18NO2+. The summed E-state index contributed by atoms with van der Waals surface area (Å²) in [7, 11) is 0. The van der Waals surface area contributed by atoms with Crippen molar-refractivity contribution in [3.8, 4) is 0 Å². The van der Waals surface area contributed by atoms with Crippen LogP contribution in [0.2, 0.25) is 0 Å². The molecule has 2 rings (SSSR count). The molecule has 0 saturated heterocycles. The van der Waals surface area contributed by atoms with E-state index in [0.717, 1.165) is 25.1 Å². The SMILES string of the molecule is CCCC[NH+]=C(C)C1=C(O)c2ccccc2C1=O. The number of allylic oxidation sites excluding steroid dienone is 1. The molecule has 0 radical (unpaired) electrons. The normalized spacial score (nSPS) is 15.2. The van der Waals surface area contributed by atoms with E-state index in [4.69, 9.17) is 0 Å². The summed E-state index contributed by atoms with van der Waals surface area (Å²) in [6.07, 6.45) is 2.14. The molecule has 0 heterocycles. The average Bonchev–Trinajstić information content (AvgIpc) is 2.63. The number of carbonyl (C=O) groups excluding carboxylic acids is 1. The van der Waals surface area contributed by atoms with E-state index in [1.807, 2.05) is 19.1 Å². The smallest absolute Gasteiger partial charge is 0.203 e. The molecule has 0 atom stereocenters. The first kappa shape index (κ1) is 12.6. The summed E-state index contributed by atoms with van der Waals surface area (Å²) in [6, 6.07) is 7.16. The number of hydrogen-bond acceptors (Lipinski definition) is 2. The van der Waals surface area contributed by atoms with Gasteiger partial charge in [0.15, 0.2) is 5.71 Å². The predicted octanol–water partition coefficient (Wildman–Crippen LogP) is 1.49. The fourth-order valence-electron chi connectivity index (χ4n) is 2.15. The van der Waals surface area contributed by atoms with E-state index in [1.54, 1.807) is 12.1 Å². The van der Waals surface area contributed by atoms with Crippen LogP contribution < -0.4 is 4.99 Å². The fourth-order valence-corrected chi connectivity index (χ4v) is 2.15. The van der Waals surface area contributed by atoms with Gasteiger partial charge in [-0.15, -0.1) is 0 Å². The Balaban J connectivity index is 2.34. The van der Waals surface area contributed by atoms with Crippen LogP contribution in [0.5, 0.6) is 0 Å². The fraction of sp³-hybridized carbons (Fsp3) is 0.333. The Bertz CT molecular complexity index is 541. The molecule has 0 fully saturated rings. The maximum absolute atomic E-state index is 12.2. The average molecular weight is 244 g/mol. The highest BCUT2D eigenvalue weighted by Gasteiger charge is 2.33. The van der Waals surface area contributed by atoms with Crippen LogP contribution in [0.1, 0.15) is 42.6 Å². The van der Waals surface area contributed by atoms with E-state index in [9.17, 15) is 9.90 Å². The number of fused-ring (bicyclic) bond motifs is 1. The number of Topliss-reactive ketones (excluding diaryl/α,β-unsaturated/α-hetero) is 1. The second-order valence-corrected chi connectivity index (χ2v) is 4.50. The van der Waals surface area contributed by atoms with Crippen molar-refractivity contribution in [2.45, 2.75) is 26.7 Å². The van der Waals surface area contributed by atoms with Crippen LogP contribution in [0.25, 0.3) is 5.76 Å². The molecule has 1 aromatic carbocycles. The van der Waals surface area contributed by atoms with Crippen molar-refractivity contribution in [2.24, 2.45) is 0 Å². The first-order valence-corrected chi connectivity index (χ1v) is 6.32. The predicted molar refractivity (Wildman–Crippen MR) is 71.7 cm³/mol. The first-order valence-electron chi connectivity index (χ1n) is 6.32. The number of carbonyl (C=O) groups is 1. The Labute approximate surface area is 107 Å². The number of unbranched alkanes of at least 4 members (excludes halogenated alkanes) is 1. The van der Waals surface area contributed by atoms with Gasteiger partial charge >= 0.3 is 0 Å². The highest BCUT2D eigenvalue weighted by atomic mass is 16.3. The molecule has 1 aliphatic carbocycles. The quantitative estimate of drug-likeness (QED) is 0.623. The zero-order chi connectivity index (χ0) is 13.1. The van der Waals surface area contributed by atoms with E-state index >= 15 is 0 Å². The monoisotopic (exact) mass is 244 g/mol. The minimum Gasteiger partial charge on any atom is -0.506 e. The topological polar surface area (TPSA) is 51.3 Å². The molecule has 94 valence electrons. The lowest BCUT2D eigenvalue weighted by Gasteiger charge is -1.96. The minimum atomic E-state index is -0.0930. The van der Waals surface area contributed by atoms with Gasteiger partial charge < -0.3 is 5.11 Å². The molecule has 1 aromatic rings. The van der Waals surface area contributed by atoms with E-state index in [1.165, 1.54) is 0 Å². The third-order valence-corrected chi connectivity index (χ3v) is 3.19. The number of aliphatic hydroxyl groups excluding tert-OH is 1. The lowest BCUT2D eigenvalue weighted by molar-refractivity contribution is -0.457. The lowest BCUT2D eigenvalue weighted by atomic mass is 10.1. The summed E-state index contributed by atoms with van der Waals surface area (Å²) >= 11 is 0. The molecule has 1 aliphatic rings. The van der Waals surface area contributed by atoms with Gasteiger partial charge in [0.1, 0.15) is 17.9 Å². The number of rotatable bonds is 4. The number of hydrogen-bond donors (Lipinski definition) is 2. The summed E-state index contributed by atoms with van der Waals surface area (Å²) in [4.78, 5) is 15.4. The molecule has 0 aromatic heterocycles. The van der Waals surface area contributed by atoms with Crippen LogP contribution in [0, 0.1) is 0 Å². The van der Waals surface area contributed by atoms with Crippen molar-refractivity contribution in [2.75, 3.05) is 6.54 Å². The third-order valence-electron chi connectivity index (χ3n) is 3.19. The molecule has 0 unspecified atom stereocenters. The van der Waals surface area contributed by atoms with Crippen LogP contribution in [0.3, 0.4) is 0 Å². The van der Waals surface area contributed by atoms with E-state index < -0.39 is 0 Å². The number of benzene rings is 1. The van der Waals surface area contributed by atoms with Crippen molar-refractivity contribution in [3.05, 3.63) is 41.0 Å². The third kappa shape index (κ3) is 2.08. The van der Waals surface area contributed by atoms with Gasteiger partial charge in [-0.1, -0.05) is 37.6 Å². The molecule has 0 aliphatic heterocycles. The van der Waals surface area contributed by atoms with Gasteiger partial charge in [-0.3, -0.25) is 4.79 Å². The van der Waals surface area contributed by atoms with Gasteiger partial charge in [-0.25, -0.2) is 4.99 Å². The van der Waals surface area contributed by atoms with Crippen LogP contribution >= 0.6 is 0 Å². The molecule has 3 heteroatoms. The van der Waals surface area contributed by atoms with Gasteiger partial charge in [0.25, 0.3) is 0 Å². The van der Waals surface area contributed by atoms with Crippen LogP contribution in [0.15, 0.2) is 29.8 Å². The molecule has 18 heavy (non-hydrogen) atoms. The zero-order valence-electron chi connectivity index (χ0n) is 10.8. The largest absolute Gasteiger partial charge is 0.506 e. The first-order chi connectivity index (χ1) is 8.66. The van der Waals surface area contributed by atoms with Crippen molar-refractivity contribution in [3.63, 3.8) is 0 Å². The highest BCUT2D eigenvalue weighted by molar-refractivity contribution is 6.33. The zero-order valence-corrected chi connectivity index (χ0v) is 10.8. The summed E-state index contributed by atoms with van der Waals surface area (Å²) in [5, 5.41) is 10.1. The van der Waals surface area contributed by atoms with Crippen LogP contribution in [-0.2, 0) is 0 Å². The molecule has 2 N–H and O–H groups in total. The van der Waals surface area contributed by atoms with Crippen LogP contribution in [-0.4, -0.2) is 23.1 Å². The van der Waals surface area contributed by atoms with Gasteiger partial charge in [-0.2, -0.15) is 0 Å². The standard InChI is InChI=1S/C15H17NO2/c1-3-4-9-16-10(2)13-14(17)11-7-5-6-8-12(11)15(13)18/h5-8,17H,3-4,9H2,1-2H3/p+1. The van der Waals surface area contributed by atoms with Gasteiger partial charge in [-0.05, 0) is 0 Å². The maximum Gasteiger partial charge on any atom is 0.203 e. The summed E-state index contributed by atoms with van der Waals surface area (Å²) in [5.74, 6) is 0.00157. The van der Waals surface area contributed by atoms with E-state index in [0.29, 0.717) is 16.7 Å². The molecule has 0 saturated carbocycles. The summed E-state index contributed by atoms with van der Waals surface area (Å²) < 4.78 is 0. The van der Waals surface area contributed by atoms with Crippen molar-refractivity contribution in [1.82, 2.24) is 0 Å². The molecule has 3 nitrogen and oxygen atoms in total.